The summed E-state index contributed by atoms with van der Waals surface area (Å²) < 4.78 is 10.6. The Labute approximate surface area is 336 Å². The first-order valence-electron chi connectivity index (χ1n) is 19.2. The fourth-order valence-electron chi connectivity index (χ4n) is 7.43. The van der Waals surface area contributed by atoms with E-state index in [1.54, 1.807) is 33.5 Å². The molecule has 6 atom stereocenters. The molecular formula is C42H50N8O6S. The first kappa shape index (κ1) is 40.9. The zero-order chi connectivity index (χ0) is 41.0. The minimum absolute atomic E-state index is 0.124. The first-order chi connectivity index (χ1) is 27.2. The first-order valence-corrected chi connectivity index (χ1v) is 20.0. The molecule has 3 aromatic heterocycles. The third-order valence-electron chi connectivity index (χ3n) is 10.4. The molecule has 0 unspecified atom stereocenters. The largest absolute Gasteiger partial charge is 0.453 e. The van der Waals surface area contributed by atoms with Crippen LogP contribution in [0.15, 0.2) is 36.7 Å². The number of fused-ring (bicyclic) bond motifs is 1. The van der Waals surface area contributed by atoms with Gasteiger partial charge in [0.05, 0.1) is 43.6 Å². The number of hydrogen-bond donors (Lipinski definition) is 4. The summed E-state index contributed by atoms with van der Waals surface area (Å²) in [6.45, 7) is 12.9. The highest BCUT2D eigenvalue weighted by Crippen LogP contribution is 2.36. The molecule has 0 saturated carbocycles. The maximum atomic E-state index is 13.6. The molecule has 0 aliphatic carbocycles. The summed E-state index contributed by atoms with van der Waals surface area (Å²) >= 11 is 1.57. The van der Waals surface area contributed by atoms with Crippen molar-refractivity contribution in [3.63, 3.8) is 0 Å². The Balaban J connectivity index is 1.13. The molecule has 1 aromatic carbocycles. The standard InChI is InChI=1S/C42H50N8O6S/c1-23(2)35(47-41(53)55-7)39(51)49-21-25(5)15-32(49)37-43-19-29(45-37)12-10-27-9-11-28-18-31(57-34(28)17-27)14-13-30-20-44-38(46-30)33-16-26(6)22-50(33)40(52)36(24(3)4)48-42(54)56-8/h9,11,17-20,23-26,32-33,35-36H,15-16,21-22H2,1-8H3,(H,43,45)(H,44,46)(H,47,53)(H,48,54)/t25-,26-,32-,33-,35-,36-/m0/s1. The second kappa shape index (κ2) is 17.6. The van der Waals surface area contributed by atoms with E-state index in [1.807, 2.05) is 52.0 Å². The third kappa shape index (κ3) is 9.43. The van der Waals surface area contributed by atoms with Crippen LogP contribution >= 0.6 is 11.3 Å². The summed E-state index contributed by atoms with van der Waals surface area (Å²) in [5.41, 5.74) is 2.12. The average molecular weight is 795 g/mol. The van der Waals surface area contributed by atoms with Crippen molar-refractivity contribution >= 4 is 45.4 Å². The summed E-state index contributed by atoms with van der Waals surface area (Å²) in [6, 6.07) is 6.13. The van der Waals surface area contributed by atoms with E-state index < -0.39 is 24.3 Å². The number of imidazole rings is 2. The quantitative estimate of drug-likeness (QED) is 0.164. The van der Waals surface area contributed by atoms with Gasteiger partial charge in [0.2, 0.25) is 11.8 Å². The lowest BCUT2D eigenvalue weighted by Gasteiger charge is -2.30. The van der Waals surface area contributed by atoms with Gasteiger partial charge in [-0.2, -0.15) is 0 Å². The molecule has 57 heavy (non-hydrogen) atoms. The number of thiophene rings is 1. The van der Waals surface area contributed by atoms with Gasteiger partial charge in [0, 0.05) is 23.4 Å². The van der Waals surface area contributed by atoms with Crippen molar-refractivity contribution < 1.29 is 28.7 Å². The molecule has 2 aliphatic rings. The molecule has 2 fully saturated rings. The number of carbonyl (C=O) groups is 4. The van der Waals surface area contributed by atoms with Gasteiger partial charge in [0.25, 0.3) is 0 Å². The van der Waals surface area contributed by atoms with Gasteiger partial charge < -0.3 is 39.9 Å². The van der Waals surface area contributed by atoms with Gasteiger partial charge >= 0.3 is 12.2 Å². The van der Waals surface area contributed by atoms with E-state index >= 15 is 0 Å². The Morgan fingerprint density at radius 3 is 1.72 bits per heavy atom. The van der Waals surface area contributed by atoms with Gasteiger partial charge in [-0.3, -0.25) is 9.59 Å². The Morgan fingerprint density at radius 2 is 1.25 bits per heavy atom. The summed E-state index contributed by atoms with van der Waals surface area (Å²) in [5, 5.41) is 6.44. The van der Waals surface area contributed by atoms with Crippen LogP contribution < -0.4 is 10.6 Å². The molecule has 2 aliphatic heterocycles. The molecule has 5 heterocycles. The van der Waals surface area contributed by atoms with Crippen molar-refractivity contribution in [1.82, 2.24) is 40.4 Å². The second-order valence-corrected chi connectivity index (χ2v) is 16.7. The Hall–Kier alpha value is -5.80. The number of H-pyrrole nitrogens is 2. The highest BCUT2D eigenvalue weighted by Gasteiger charge is 2.41. The Morgan fingerprint density at radius 1 is 0.754 bits per heavy atom. The number of aromatic nitrogens is 4. The van der Waals surface area contributed by atoms with Gasteiger partial charge in [0.15, 0.2) is 0 Å². The van der Waals surface area contributed by atoms with Crippen LogP contribution in [0.25, 0.3) is 10.1 Å². The SMILES string of the molecule is COC(=O)N[C@H](C(=O)N1C[C@@H](C)C[C@H]1c1ncc(C#Cc2ccc3cc(C#Cc4cnc([C@@H]5C[C@H](C)CN5C(=O)[C@@H](NC(=O)OC)C(C)C)[nH]4)sc3c2)[nH]1)C(C)C. The fourth-order valence-corrected chi connectivity index (χ4v) is 8.39. The van der Waals surface area contributed by atoms with Gasteiger partial charge in [-0.1, -0.05) is 53.5 Å². The molecule has 0 spiro atoms. The minimum atomic E-state index is -0.713. The molecule has 15 heteroatoms. The number of benzene rings is 1. The molecule has 4 N–H and O–H groups in total. The Bertz CT molecular complexity index is 2130. The highest BCUT2D eigenvalue weighted by atomic mass is 32.1. The molecule has 6 rings (SSSR count). The van der Waals surface area contributed by atoms with Crippen molar-refractivity contribution in [2.45, 2.75) is 78.6 Å². The van der Waals surface area contributed by atoms with Crippen LogP contribution in [0, 0.1) is 47.4 Å². The Kier molecular flexibility index (Phi) is 12.6. The lowest BCUT2D eigenvalue weighted by atomic mass is 10.0. The zero-order valence-electron chi connectivity index (χ0n) is 33.6. The maximum Gasteiger partial charge on any atom is 0.407 e. The summed E-state index contributed by atoms with van der Waals surface area (Å²) in [5.74, 6) is 14.2. The van der Waals surface area contributed by atoms with Crippen molar-refractivity contribution in [3.8, 4) is 23.7 Å². The minimum Gasteiger partial charge on any atom is -0.453 e. The molecule has 4 amide bonds. The van der Waals surface area contributed by atoms with Crippen LogP contribution in [-0.2, 0) is 19.1 Å². The molecule has 4 aromatic rings. The van der Waals surface area contributed by atoms with E-state index in [4.69, 9.17) is 9.47 Å². The fraction of sp³-hybridized carbons (Fsp3) is 0.476. The van der Waals surface area contributed by atoms with Crippen molar-refractivity contribution in [1.29, 1.82) is 0 Å². The topological polar surface area (TPSA) is 175 Å². The number of aromatic amines is 2. The van der Waals surface area contributed by atoms with E-state index in [0.29, 0.717) is 36.1 Å². The van der Waals surface area contributed by atoms with Crippen LogP contribution in [0.3, 0.4) is 0 Å². The monoisotopic (exact) mass is 794 g/mol. The summed E-state index contributed by atoms with van der Waals surface area (Å²) in [4.78, 5) is 71.5. The van der Waals surface area contributed by atoms with Gasteiger partial charge in [-0.25, -0.2) is 19.6 Å². The van der Waals surface area contributed by atoms with E-state index in [9.17, 15) is 19.2 Å². The van der Waals surface area contributed by atoms with Crippen LogP contribution in [0.4, 0.5) is 9.59 Å². The smallest absolute Gasteiger partial charge is 0.407 e. The van der Waals surface area contributed by atoms with E-state index in [2.05, 4.69) is 68.1 Å². The molecule has 0 bridgehead atoms. The number of rotatable bonds is 8. The van der Waals surface area contributed by atoms with Gasteiger partial charge in [-0.05, 0) is 77.9 Å². The number of methoxy groups -OCH3 is 2. The van der Waals surface area contributed by atoms with Crippen LogP contribution in [0.1, 0.15) is 99.9 Å². The van der Waals surface area contributed by atoms with Crippen LogP contribution in [0.5, 0.6) is 0 Å². The predicted molar refractivity (Wildman–Crippen MR) is 216 cm³/mol. The molecule has 14 nitrogen and oxygen atoms in total. The number of amides is 4. The number of hydrogen-bond acceptors (Lipinski definition) is 9. The summed E-state index contributed by atoms with van der Waals surface area (Å²) in [7, 11) is 2.56. The lowest BCUT2D eigenvalue weighted by Crippen LogP contribution is -2.51. The van der Waals surface area contributed by atoms with Crippen LogP contribution in [-0.4, -0.2) is 93.1 Å². The maximum absolute atomic E-state index is 13.6. The number of likely N-dealkylation sites (tertiary alicyclic amines) is 2. The van der Waals surface area contributed by atoms with E-state index in [0.717, 1.165) is 33.4 Å². The molecule has 300 valence electrons. The number of ether oxygens (including phenoxy) is 2. The van der Waals surface area contributed by atoms with Crippen molar-refractivity contribution in [3.05, 3.63) is 70.1 Å². The average Bonchev–Trinajstić information content (AvgIpc) is 4.03. The molecular weight excluding hydrogens is 745 g/mol. The molecule has 0 radical (unpaired) electrons. The highest BCUT2D eigenvalue weighted by molar-refractivity contribution is 7.19. The number of nitrogens with one attached hydrogen (secondary N) is 4. The van der Waals surface area contributed by atoms with Crippen molar-refractivity contribution in [2.24, 2.45) is 23.7 Å². The van der Waals surface area contributed by atoms with E-state index in [1.165, 1.54) is 14.2 Å². The van der Waals surface area contributed by atoms with E-state index in [-0.39, 0.29) is 47.6 Å². The van der Waals surface area contributed by atoms with Gasteiger partial charge in [0.1, 0.15) is 35.1 Å². The predicted octanol–water partition coefficient (Wildman–Crippen LogP) is 5.73. The zero-order valence-corrected chi connectivity index (χ0v) is 34.4. The number of alkyl carbamates (subject to hydrolysis) is 2. The van der Waals surface area contributed by atoms with Gasteiger partial charge in [-0.15, -0.1) is 11.3 Å². The summed E-state index contributed by atoms with van der Waals surface area (Å²) in [6.07, 6.45) is 3.59. The number of carbonyl (C=O) groups excluding carboxylic acids is 4. The second-order valence-electron chi connectivity index (χ2n) is 15.6. The normalized spacial score (nSPS) is 20.1. The molecule has 2 saturated heterocycles. The lowest BCUT2D eigenvalue weighted by molar-refractivity contribution is -0.136. The number of nitrogens with zero attached hydrogens (tertiary/aromatic N) is 4. The van der Waals surface area contributed by atoms with Crippen molar-refractivity contribution in [2.75, 3.05) is 27.3 Å². The third-order valence-corrected chi connectivity index (χ3v) is 11.4. The van der Waals surface area contributed by atoms with Crippen LogP contribution in [0.2, 0.25) is 0 Å².